The van der Waals surface area contributed by atoms with Crippen LogP contribution >= 0.6 is 11.3 Å². The SMILES string of the molecule is CS(=O)(=O)Nc1nc(CC(=O)Nc2cccc(C(F)(F)F)c2)cs1. The molecule has 0 radical (unpaired) electrons. The van der Waals surface area contributed by atoms with E-state index in [-0.39, 0.29) is 17.2 Å². The van der Waals surface area contributed by atoms with Crippen LogP contribution in [-0.2, 0) is 27.4 Å². The van der Waals surface area contributed by atoms with Gasteiger partial charge in [0.25, 0.3) is 0 Å². The van der Waals surface area contributed by atoms with Crippen LogP contribution in [0.2, 0.25) is 0 Å². The van der Waals surface area contributed by atoms with Gasteiger partial charge in [-0.05, 0) is 18.2 Å². The van der Waals surface area contributed by atoms with Crippen molar-refractivity contribution in [1.29, 1.82) is 0 Å². The minimum atomic E-state index is -4.50. The molecule has 0 fully saturated rings. The number of alkyl halides is 3. The molecule has 130 valence electrons. The van der Waals surface area contributed by atoms with E-state index in [4.69, 9.17) is 0 Å². The number of thiazole rings is 1. The van der Waals surface area contributed by atoms with Gasteiger partial charge in [0, 0.05) is 11.1 Å². The number of carbonyl (C=O) groups excluding carboxylic acids is 1. The first kappa shape index (κ1) is 18.2. The van der Waals surface area contributed by atoms with Crippen LogP contribution in [0.1, 0.15) is 11.3 Å². The summed E-state index contributed by atoms with van der Waals surface area (Å²) in [5, 5.41) is 3.94. The molecule has 24 heavy (non-hydrogen) atoms. The number of hydrogen-bond donors (Lipinski definition) is 2. The Labute approximate surface area is 139 Å². The fourth-order valence-corrected chi connectivity index (χ4v) is 3.30. The number of nitrogens with zero attached hydrogens (tertiary/aromatic N) is 1. The fourth-order valence-electron chi connectivity index (χ4n) is 1.74. The average molecular weight is 379 g/mol. The highest BCUT2D eigenvalue weighted by atomic mass is 32.2. The normalized spacial score (nSPS) is 12.0. The summed E-state index contributed by atoms with van der Waals surface area (Å²) >= 11 is 1.00. The van der Waals surface area contributed by atoms with Crippen molar-refractivity contribution in [2.45, 2.75) is 12.6 Å². The quantitative estimate of drug-likeness (QED) is 0.836. The van der Waals surface area contributed by atoms with Gasteiger partial charge in [0.05, 0.1) is 23.9 Å². The maximum absolute atomic E-state index is 12.6. The van der Waals surface area contributed by atoms with Gasteiger partial charge in [-0.15, -0.1) is 11.3 Å². The monoisotopic (exact) mass is 379 g/mol. The Bertz CT molecular complexity index is 847. The van der Waals surface area contributed by atoms with E-state index in [0.29, 0.717) is 5.69 Å². The molecule has 1 aromatic carbocycles. The molecule has 11 heteroatoms. The van der Waals surface area contributed by atoms with Gasteiger partial charge >= 0.3 is 6.18 Å². The van der Waals surface area contributed by atoms with Gasteiger partial charge in [0.1, 0.15) is 0 Å². The number of aromatic nitrogens is 1. The van der Waals surface area contributed by atoms with Crippen molar-refractivity contribution < 1.29 is 26.4 Å². The number of anilines is 2. The Morgan fingerprint density at radius 1 is 1.33 bits per heavy atom. The van der Waals surface area contributed by atoms with Crippen molar-refractivity contribution in [2.24, 2.45) is 0 Å². The number of benzene rings is 1. The molecule has 0 atom stereocenters. The van der Waals surface area contributed by atoms with Crippen molar-refractivity contribution in [3.05, 3.63) is 40.9 Å². The standard InChI is InChI=1S/C13H12F3N3O3S2/c1-24(21,22)19-12-18-10(7-23-12)6-11(20)17-9-4-2-3-8(5-9)13(14,15)16/h2-5,7H,6H2,1H3,(H,17,20)(H,18,19). The van der Waals surface area contributed by atoms with Crippen molar-refractivity contribution in [1.82, 2.24) is 4.98 Å². The summed E-state index contributed by atoms with van der Waals surface area (Å²) in [7, 11) is -3.47. The van der Waals surface area contributed by atoms with E-state index in [0.717, 1.165) is 29.7 Å². The molecular formula is C13H12F3N3O3S2. The highest BCUT2D eigenvalue weighted by Gasteiger charge is 2.30. The van der Waals surface area contributed by atoms with Crippen molar-refractivity contribution in [3.63, 3.8) is 0 Å². The molecule has 0 saturated carbocycles. The molecule has 1 aromatic heterocycles. The third kappa shape index (κ3) is 5.49. The molecule has 2 rings (SSSR count). The fraction of sp³-hybridized carbons (Fsp3) is 0.231. The highest BCUT2D eigenvalue weighted by Crippen LogP contribution is 2.30. The predicted molar refractivity (Wildman–Crippen MR) is 84.4 cm³/mol. The van der Waals surface area contributed by atoms with Crippen LogP contribution in [0.4, 0.5) is 24.0 Å². The van der Waals surface area contributed by atoms with E-state index in [1.165, 1.54) is 17.5 Å². The van der Waals surface area contributed by atoms with Gasteiger partial charge < -0.3 is 5.32 Å². The summed E-state index contributed by atoms with van der Waals surface area (Å²) < 4.78 is 62.2. The number of sulfonamides is 1. The smallest absolute Gasteiger partial charge is 0.326 e. The third-order valence-electron chi connectivity index (χ3n) is 2.64. The molecule has 2 aromatic rings. The number of carbonyl (C=O) groups is 1. The lowest BCUT2D eigenvalue weighted by Gasteiger charge is -2.09. The maximum Gasteiger partial charge on any atom is 0.416 e. The second-order valence-electron chi connectivity index (χ2n) is 4.82. The van der Waals surface area contributed by atoms with Crippen molar-refractivity contribution >= 4 is 38.1 Å². The van der Waals surface area contributed by atoms with E-state index in [2.05, 4.69) is 15.0 Å². The number of rotatable bonds is 5. The molecule has 0 spiro atoms. The second kappa shape index (κ2) is 6.77. The topological polar surface area (TPSA) is 88.2 Å². The van der Waals surface area contributed by atoms with E-state index >= 15 is 0 Å². The van der Waals surface area contributed by atoms with Crippen LogP contribution in [0, 0.1) is 0 Å². The first-order chi connectivity index (χ1) is 11.0. The van der Waals surface area contributed by atoms with Gasteiger partial charge in [-0.2, -0.15) is 13.2 Å². The lowest BCUT2D eigenvalue weighted by atomic mass is 10.2. The number of amides is 1. The average Bonchev–Trinajstić information content (AvgIpc) is 2.82. The zero-order valence-corrected chi connectivity index (χ0v) is 13.8. The van der Waals surface area contributed by atoms with Crippen LogP contribution in [0.15, 0.2) is 29.6 Å². The molecule has 1 heterocycles. The largest absolute Gasteiger partial charge is 0.416 e. The lowest BCUT2D eigenvalue weighted by molar-refractivity contribution is -0.137. The zero-order chi connectivity index (χ0) is 18.0. The van der Waals surface area contributed by atoms with Gasteiger partial charge in [-0.1, -0.05) is 6.07 Å². The molecule has 6 nitrogen and oxygen atoms in total. The molecule has 0 saturated heterocycles. The molecule has 0 unspecified atom stereocenters. The summed E-state index contributed by atoms with van der Waals surface area (Å²) in [4.78, 5) is 15.8. The van der Waals surface area contributed by atoms with Gasteiger partial charge in [-0.3, -0.25) is 9.52 Å². The van der Waals surface area contributed by atoms with Gasteiger partial charge in [0.2, 0.25) is 15.9 Å². The Kier molecular flexibility index (Phi) is 5.13. The molecule has 0 bridgehead atoms. The first-order valence-electron chi connectivity index (χ1n) is 6.42. The summed E-state index contributed by atoms with van der Waals surface area (Å²) in [5.74, 6) is -0.564. The van der Waals surface area contributed by atoms with Crippen LogP contribution < -0.4 is 10.0 Å². The van der Waals surface area contributed by atoms with Gasteiger partial charge in [0.15, 0.2) is 5.13 Å². The Morgan fingerprint density at radius 3 is 2.67 bits per heavy atom. The van der Waals surface area contributed by atoms with Crippen LogP contribution in [0.3, 0.4) is 0 Å². The van der Waals surface area contributed by atoms with E-state index < -0.39 is 27.7 Å². The summed E-state index contributed by atoms with van der Waals surface area (Å²) in [6, 6.07) is 4.26. The highest BCUT2D eigenvalue weighted by molar-refractivity contribution is 7.92. The molecule has 0 aliphatic rings. The Hall–Kier alpha value is -2.14. The van der Waals surface area contributed by atoms with E-state index in [1.807, 2.05) is 0 Å². The van der Waals surface area contributed by atoms with Crippen LogP contribution in [-0.4, -0.2) is 25.6 Å². The van der Waals surface area contributed by atoms with Crippen LogP contribution in [0.25, 0.3) is 0 Å². The first-order valence-corrected chi connectivity index (χ1v) is 9.19. The number of hydrogen-bond acceptors (Lipinski definition) is 5. The number of nitrogens with one attached hydrogen (secondary N) is 2. The van der Waals surface area contributed by atoms with Gasteiger partial charge in [-0.25, -0.2) is 13.4 Å². The molecular weight excluding hydrogens is 367 g/mol. The summed E-state index contributed by atoms with van der Waals surface area (Å²) in [6.45, 7) is 0. The Balaban J connectivity index is 2.01. The van der Waals surface area contributed by atoms with Crippen molar-refractivity contribution in [3.8, 4) is 0 Å². The summed E-state index contributed by atoms with van der Waals surface area (Å²) in [5.41, 5.74) is -0.552. The van der Waals surface area contributed by atoms with Crippen molar-refractivity contribution in [2.75, 3.05) is 16.3 Å². The molecule has 2 N–H and O–H groups in total. The second-order valence-corrected chi connectivity index (χ2v) is 7.43. The Morgan fingerprint density at radius 2 is 2.04 bits per heavy atom. The molecule has 0 aliphatic heterocycles. The number of halogens is 3. The molecule has 0 aliphatic carbocycles. The van der Waals surface area contributed by atoms with E-state index in [1.54, 1.807) is 0 Å². The zero-order valence-electron chi connectivity index (χ0n) is 12.2. The summed E-state index contributed by atoms with van der Waals surface area (Å²) in [6.07, 6.45) is -3.73. The van der Waals surface area contributed by atoms with E-state index in [9.17, 15) is 26.4 Å². The minimum absolute atomic E-state index is 0.0135. The molecule has 1 amide bonds. The lowest BCUT2D eigenvalue weighted by Crippen LogP contribution is -2.15. The maximum atomic E-state index is 12.6. The predicted octanol–water partition coefficient (Wildman–Crippen LogP) is 2.71. The van der Waals surface area contributed by atoms with Crippen LogP contribution in [0.5, 0.6) is 0 Å². The minimum Gasteiger partial charge on any atom is -0.326 e. The third-order valence-corrected chi connectivity index (χ3v) is 4.14.